The van der Waals surface area contributed by atoms with Crippen LogP contribution in [-0.4, -0.2) is 24.1 Å². The van der Waals surface area contributed by atoms with Gasteiger partial charge in [-0.3, -0.25) is 5.43 Å². The highest BCUT2D eigenvalue weighted by Gasteiger charge is 2.21. The van der Waals surface area contributed by atoms with Crippen LogP contribution in [0.25, 0.3) is 0 Å². The lowest BCUT2D eigenvalue weighted by molar-refractivity contribution is 0.397. The molecule has 17 heavy (non-hydrogen) atoms. The van der Waals surface area contributed by atoms with Crippen molar-refractivity contribution in [2.75, 3.05) is 7.11 Å². The highest BCUT2D eigenvalue weighted by molar-refractivity contribution is 5.79. The van der Waals surface area contributed by atoms with Crippen LogP contribution in [0, 0.1) is 0 Å². The summed E-state index contributed by atoms with van der Waals surface area (Å²) in [5.41, 5.74) is 3.57. The van der Waals surface area contributed by atoms with Gasteiger partial charge in [-0.1, -0.05) is 6.07 Å². The fourth-order valence-electron chi connectivity index (χ4n) is 1.35. The zero-order valence-corrected chi connectivity index (χ0v) is 9.81. The maximum atomic E-state index is 5.38. The second-order valence-corrected chi connectivity index (χ2v) is 3.94. The number of hydrogen-bond acceptors (Lipinski definition) is 4. The van der Waals surface area contributed by atoms with Gasteiger partial charge in [0, 0.05) is 18.3 Å². The van der Waals surface area contributed by atoms with Crippen molar-refractivity contribution in [1.29, 1.82) is 0 Å². The van der Waals surface area contributed by atoms with Gasteiger partial charge >= 0.3 is 0 Å². The summed E-state index contributed by atoms with van der Waals surface area (Å²) in [6, 6.07) is 4.27. The Morgan fingerprint density at radius 1 is 1.59 bits per heavy atom. The first-order valence-corrected chi connectivity index (χ1v) is 5.58. The Morgan fingerprint density at radius 3 is 2.94 bits per heavy atom. The van der Waals surface area contributed by atoms with Crippen LogP contribution in [0.1, 0.15) is 18.4 Å². The maximum absolute atomic E-state index is 5.38. The van der Waals surface area contributed by atoms with E-state index in [1.54, 1.807) is 13.3 Å². The lowest BCUT2D eigenvalue weighted by Gasteiger charge is -2.07. The predicted octanol–water partition coefficient (Wildman–Crippen LogP) is 0.162. The highest BCUT2D eigenvalue weighted by Crippen LogP contribution is 2.18. The standard InChI is InChI=1S/C11H17N5O/c1-17-10-5-2-8(6-13-10)7-14-11(16-12)15-9-3-4-9/h2,5-6,9H,3-4,7,12H2,1H3,(H2,14,15,16). The molecule has 0 bridgehead atoms. The van der Waals surface area contributed by atoms with Crippen molar-refractivity contribution >= 4 is 5.96 Å². The van der Waals surface area contributed by atoms with Crippen molar-refractivity contribution in [2.45, 2.75) is 25.4 Å². The Hall–Kier alpha value is -1.82. The van der Waals surface area contributed by atoms with E-state index < -0.39 is 0 Å². The van der Waals surface area contributed by atoms with Gasteiger partial charge in [-0.2, -0.15) is 0 Å². The average Bonchev–Trinajstić information content (AvgIpc) is 3.19. The molecule has 0 atom stereocenters. The number of nitrogens with zero attached hydrogens (tertiary/aromatic N) is 2. The van der Waals surface area contributed by atoms with Crippen LogP contribution < -0.4 is 21.3 Å². The third-order valence-corrected chi connectivity index (χ3v) is 2.48. The molecule has 0 spiro atoms. The molecule has 1 saturated carbocycles. The number of hydrogen-bond donors (Lipinski definition) is 3. The monoisotopic (exact) mass is 235 g/mol. The van der Waals surface area contributed by atoms with E-state index >= 15 is 0 Å². The molecule has 92 valence electrons. The van der Waals surface area contributed by atoms with Crippen molar-refractivity contribution in [2.24, 2.45) is 10.8 Å². The predicted molar refractivity (Wildman–Crippen MR) is 65.4 cm³/mol. The quantitative estimate of drug-likeness (QED) is 0.300. The molecule has 1 aliphatic rings. The van der Waals surface area contributed by atoms with Gasteiger partial charge in [-0.15, -0.1) is 0 Å². The SMILES string of the molecule is COc1ccc(CN=C(NN)NC2CC2)cn1. The van der Waals surface area contributed by atoms with E-state index in [9.17, 15) is 0 Å². The first-order valence-electron chi connectivity index (χ1n) is 5.58. The molecule has 6 nitrogen and oxygen atoms in total. The smallest absolute Gasteiger partial charge is 0.212 e. The molecule has 0 saturated heterocycles. The van der Waals surface area contributed by atoms with Crippen molar-refractivity contribution in [3.63, 3.8) is 0 Å². The summed E-state index contributed by atoms with van der Waals surface area (Å²) in [4.78, 5) is 8.45. The molecule has 4 N–H and O–H groups in total. The molecule has 1 heterocycles. The maximum Gasteiger partial charge on any atom is 0.212 e. The lowest BCUT2D eigenvalue weighted by Crippen LogP contribution is -2.42. The summed E-state index contributed by atoms with van der Waals surface area (Å²) in [6.45, 7) is 0.538. The minimum absolute atomic E-state index is 0.527. The van der Waals surface area contributed by atoms with E-state index in [-0.39, 0.29) is 0 Å². The third kappa shape index (κ3) is 3.60. The molecule has 6 heteroatoms. The van der Waals surface area contributed by atoms with Gasteiger partial charge in [0.25, 0.3) is 0 Å². The van der Waals surface area contributed by atoms with E-state index in [1.165, 1.54) is 12.8 Å². The third-order valence-electron chi connectivity index (χ3n) is 2.48. The molecule has 0 unspecified atom stereocenters. The van der Waals surface area contributed by atoms with E-state index in [4.69, 9.17) is 10.6 Å². The van der Waals surface area contributed by atoms with Gasteiger partial charge in [0.05, 0.1) is 13.7 Å². The fraction of sp³-hybridized carbons (Fsp3) is 0.455. The summed E-state index contributed by atoms with van der Waals surface area (Å²) in [7, 11) is 1.59. The molecule has 1 aromatic rings. The van der Waals surface area contributed by atoms with Gasteiger partial charge in [0.1, 0.15) is 0 Å². The Morgan fingerprint density at radius 2 is 2.41 bits per heavy atom. The van der Waals surface area contributed by atoms with Crippen molar-refractivity contribution in [3.8, 4) is 5.88 Å². The largest absolute Gasteiger partial charge is 0.481 e. The van der Waals surface area contributed by atoms with E-state index in [0.29, 0.717) is 24.4 Å². The van der Waals surface area contributed by atoms with Crippen LogP contribution in [-0.2, 0) is 6.54 Å². The molecule has 1 aliphatic carbocycles. The molecular weight excluding hydrogens is 218 g/mol. The van der Waals surface area contributed by atoms with Gasteiger partial charge in [0.2, 0.25) is 11.8 Å². The second kappa shape index (κ2) is 5.49. The molecular formula is C11H17N5O. The number of guanidine groups is 1. The highest BCUT2D eigenvalue weighted by atomic mass is 16.5. The van der Waals surface area contributed by atoms with E-state index in [0.717, 1.165) is 5.56 Å². The van der Waals surface area contributed by atoms with Crippen LogP contribution in [0.2, 0.25) is 0 Å². The number of aliphatic imine (C=N–C) groups is 1. The van der Waals surface area contributed by atoms with Crippen molar-refractivity contribution < 1.29 is 4.74 Å². The van der Waals surface area contributed by atoms with Crippen LogP contribution in [0.3, 0.4) is 0 Å². The fourth-order valence-corrected chi connectivity index (χ4v) is 1.35. The zero-order chi connectivity index (χ0) is 12.1. The molecule has 1 aromatic heterocycles. The second-order valence-electron chi connectivity index (χ2n) is 3.94. The summed E-state index contributed by atoms with van der Waals surface area (Å²) in [6.07, 6.45) is 4.11. The molecule has 0 radical (unpaired) electrons. The van der Waals surface area contributed by atoms with Crippen molar-refractivity contribution in [1.82, 2.24) is 15.7 Å². The summed E-state index contributed by atoms with van der Waals surface area (Å²) >= 11 is 0. The normalized spacial score (nSPS) is 15.5. The number of nitrogens with one attached hydrogen (secondary N) is 2. The van der Waals surface area contributed by atoms with Crippen LogP contribution in [0.5, 0.6) is 5.88 Å². The van der Waals surface area contributed by atoms with Crippen LogP contribution >= 0.6 is 0 Å². The summed E-state index contributed by atoms with van der Waals surface area (Å²) in [5.74, 6) is 6.61. The van der Waals surface area contributed by atoms with Crippen LogP contribution in [0.15, 0.2) is 23.3 Å². The van der Waals surface area contributed by atoms with Gasteiger partial charge in [0.15, 0.2) is 0 Å². The molecule has 1 fully saturated rings. The number of hydrazine groups is 1. The summed E-state index contributed by atoms with van der Waals surface area (Å²) < 4.78 is 4.99. The van der Waals surface area contributed by atoms with Gasteiger partial charge in [-0.25, -0.2) is 15.8 Å². The first kappa shape index (κ1) is 11.7. The Bertz CT molecular complexity index is 385. The van der Waals surface area contributed by atoms with E-state index in [2.05, 4.69) is 20.7 Å². The average molecular weight is 235 g/mol. The molecule has 0 aliphatic heterocycles. The minimum atomic E-state index is 0.527. The minimum Gasteiger partial charge on any atom is -0.481 e. The zero-order valence-electron chi connectivity index (χ0n) is 9.81. The number of nitrogens with two attached hydrogens (primary N) is 1. The lowest BCUT2D eigenvalue weighted by atomic mass is 10.3. The number of aromatic nitrogens is 1. The topological polar surface area (TPSA) is 84.6 Å². The van der Waals surface area contributed by atoms with Gasteiger partial charge in [-0.05, 0) is 18.4 Å². The molecule has 2 rings (SSSR count). The Kier molecular flexibility index (Phi) is 3.77. The Labute approximate surface area is 100 Å². The first-order chi connectivity index (χ1) is 8.31. The number of pyridine rings is 1. The van der Waals surface area contributed by atoms with Crippen molar-refractivity contribution in [3.05, 3.63) is 23.9 Å². The summed E-state index contributed by atoms with van der Waals surface area (Å²) in [5, 5.41) is 3.20. The molecule has 0 amide bonds. The van der Waals surface area contributed by atoms with E-state index in [1.807, 2.05) is 12.1 Å². The van der Waals surface area contributed by atoms with Crippen LogP contribution in [0.4, 0.5) is 0 Å². The molecule has 0 aromatic carbocycles. The Balaban J connectivity index is 1.91. The number of rotatable bonds is 4. The van der Waals surface area contributed by atoms with Gasteiger partial charge < -0.3 is 10.1 Å². The number of methoxy groups -OCH3 is 1. The number of ether oxygens (including phenoxy) is 1.